The van der Waals surface area contributed by atoms with Gasteiger partial charge < -0.3 is 0 Å². The maximum absolute atomic E-state index is 12.6. The van der Waals surface area contributed by atoms with Gasteiger partial charge in [0.05, 0.1) is 4.90 Å². The fourth-order valence-electron chi connectivity index (χ4n) is 2.25. The van der Waals surface area contributed by atoms with Gasteiger partial charge >= 0.3 is 0 Å². The van der Waals surface area contributed by atoms with Crippen LogP contribution >= 0.6 is 15.9 Å². The van der Waals surface area contributed by atoms with Crippen molar-refractivity contribution in [1.29, 1.82) is 0 Å². The maximum Gasteiger partial charge on any atom is 0.244 e. The van der Waals surface area contributed by atoms with Crippen LogP contribution in [0.2, 0.25) is 0 Å². The Balaban J connectivity index is 2.31. The predicted molar refractivity (Wildman–Crippen MR) is 76.3 cm³/mol. The molecule has 1 aromatic rings. The van der Waals surface area contributed by atoms with Crippen LogP contribution in [-0.2, 0) is 14.8 Å². The van der Waals surface area contributed by atoms with Crippen molar-refractivity contribution in [2.45, 2.75) is 24.7 Å². The summed E-state index contributed by atoms with van der Waals surface area (Å²) in [5.74, 6) is -0.00732. The highest BCUT2D eigenvalue weighted by Crippen LogP contribution is 2.28. The highest BCUT2D eigenvalue weighted by Gasteiger charge is 2.34. The third-order valence-corrected chi connectivity index (χ3v) is 6.31. The molecule has 104 valence electrons. The van der Waals surface area contributed by atoms with E-state index in [0.717, 1.165) is 0 Å². The van der Waals surface area contributed by atoms with E-state index in [0.29, 0.717) is 23.9 Å². The van der Waals surface area contributed by atoms with Crippen LogP contribution in [-0.4, -0.2) is 31.6 Å². The van der Waals surface area contributed by atoms with Crippen LogP contribution in [0.4, 0.5) is 0 Å². The first-order chi connectivity index (χ1) is 8.96. The number of carbonyl (C=O) groups excluding carboxylic acids is 1. The number of Topliss-reactive ketones (excluding diaryl/α,β-unsaturated/α-hetero) is 1. The third kappa shape index (κ3) is 2.90. The van der Waals surface area contributed by atoms with Gasteiger partial charge in [0.25, 0.3) is 0 Å². The van der Waals surface area contributed by atoms with E-state index in [2.05, 4.69) is 15.9 Å². The number of rotatable bonds is 3. The fourth-order valence-corrected chi connectivity index (χ4v) is 4.70. The number of sulfonamides is 1. The van der Waals surface area contributed by atoms with Gasteiger partial charge in [-0.15, -0.1) is 0 Å². The molecule has 2 rings (SSSR count). The highest BCUT2D eigenvalue weighted by atomic mass is 79.9. The van der Waals surface area contributed by atoms with Crippen LogP contribution in [0.3, 0.4) is 0 Å². The first-order valence-electron chi connectivity index (χ1n) is 6.24. The Morgan fingerprint density at radius 3 is 2.68 bits per heavy atom. The summed E-state index contributed by atoms with van der Waals surface area (Å²) in [4.78, 5) is 11.9. The molecule has 0 aromatic heterocycles. The van der Waals surface area contributed by atoms with E-state index in [9.17, 15) is 13.2 Å². The molecule has 0 bridgehead atoms. The predicted octanol–water partition coefficient (Wildman–Crippen LogP) is 2.44. The summed E-state index contributed by atoms with van der Waals surface area (Å²) in [6, 6.07) is 6.76. The van der Waals surface area contributed by atoms with Crippen LogP contribution < -0.4 is 0 Å². The molecule has 0 amide bonds. The summed E-state index contributed by atoms with van der Waals surface area (Å²) in [7, 11) is -3.52. The molecule has 1 aliphatic heterocycles. The molecule has 1 heterocycles. The molecule has 4 nitrogen and oxygen atoms in total. The molecule has 0 saturated carbocycles. The van der Waals surface area contributed by atoms with Gasteiger partial charge in [0.2, 0.25) is 10.0 Å². The zero-order valence-corrected chi connectivity index (χ0v) is 13.1. The van der Waals surface area contributed by atoms with E-state index in [1.165, 1.54) is 4.31 Å². The Morgan fingerprint density at radius 2 is 2.05 bits per heavy atom. The minimum Gasteiger partial charge on any atom is -0.299 e. The van der Waals surface area contributed by atoms with Gasteiger partial charge in [-0.05, 0) is 34.5 Å². The largest absolute Gasteiger partial charge is 0.299 e. The molecule has 0 N–H and O–H groups in total. The fraction of sp³-hybridized carbons (Fsp3) is 0.462. The van der Waals surface area contributed by atoms with E-state index in [1.54, 1.807) is 24.3 Å². The zero-order valence-electron chi connectivity index (χ0n) is 10.7. The standard InChI is InChI=1S/C13H16BrNO3S/c1-2-10-9-15(8-7-12(10)16)19(17,18)13-6-4-3-5-11(13)14/h3-6,10H,2,7-9H2,1H3. The summed E-state index contributed by atoms with van der Waals surface area (Å²) < 4.78 is 27.1. The van der Waals surface area contributed by atoms with Crippen molar-refractivity contribution in [3.63, 3.8) is 0 Å². The monoisotopic (exact) mass is 345 g/mol. The van der Waals surface area contributed by atoms with Crippen molar-refractivity contribution in [2.75, 3.05) is 13.1 Å². The second kappa shape index (κ2) is 5.73. The molecule has 1 aromatic carbocycles. The van der Waals surface area contributed by atoms with E-state index in [-0.39, 0.29) is 23.1 Å². The average molecular weight is 346 g/mol. The van der Waals surface area contributed by atoms with Gasteiger partial charge in [-0.25, -0.2) is 8.42 Å². The van der Waals surface area contributed by atoms with Gasteiger partial charge in [0.15, 0.2) is 0 Å². The SMILES string of the molecule is CCC1CN(S(=O)(=O)c2ccccc2Br)CCC1=O. The summed E-state index contributed by atoms with van der Waals surface area (Å²) in [6.07, 6.45) is 0.989. The van der Waals surface area contributed by atoms with Crippen molar-refractivity contribution in [3.8, 4) is 0 Å². The molecule has 1 fully saturated rings. The number of carbonyl (C=O) groups is 1. The lowest BCUT2D eigenvalue weighted by atomic mass is 9.96. The summed E-state index contributed by atoms with van der Waals surface area (Å²) in [6.45, 7) is 2.48. The van der Waals surface area contributed by atoms with E-state index >= 15 is 0 Å². The third-order valence-electron chi connectivity index (χ3n) is 3.43. The molecular formula is C13H16BrNO3S. The van der Waals surface area contributed by atoms with Gasteiger partial charge in [0.1, 0.15) is 5.78 Å². The van der Waals surface area contributed by atoms with Crippen molar-refractivity contribution < 1.29 is 13.2 Å². The number of hydrogen-bond donors (Lipinski definition) is 0. The molecule has 1 saturated heterocycles. The van der Waals surface area contributed by atoms with Gasteiger partial charge in [-0.2, -0.15) is 4.31 Å². The first kappa shape index (κ1) is 14.7. The number of hydrogen-bond acceptors (Lipinski definition) is 3. The number of halogens is 1. The number of nitrogens with zero attached hydrogens (tertiary/aromatic N) is 1. The molecule has 0 spiro atoms. The van der Waals surface area contributed by atoms with E-state index < -0.39 is 10.0 Å². The molecule has 0 aliphatic carbocycles. The Morgan fingerprint density at radius 1 is 1.37 bits per heavy atom. The second-order valence-corrected chi connectivity index (χ2v) is 7.38. The molecule has 0 radical (unpaired) electrons. The topological polar surface area (TPSA) is 54.5 Å². The highest BCUT2D eigenvalue weighted by molar-refractivity contribution is 9.10. The Hall–Kier alpha value is -0.720. The first-order valence-corrected chi connectivity index (χ1v) is 8.47. The normalized spacial score (nSPS) is 21.6. The molecule has 19 heavy (non-hydrogen) atoms. The number of piperidine rings is 1. The van der Waals surface area contributed by atoms with E-state index in [1.807, 2.05) is 6.92 Å². The Labute approximate surface area is 122 Å². The summed E-state index contributed by atoms with van der Waals surface area (Å²) in [5, 5.41) is 0. The second-order valence-electron chi connectivity index (χ2n) is 4.61. The molecule has 1 aliphatic rings. The van der Waals surface area contributed by atoms with Gasteiger partial charge in [-0.1, -0.05) is 19.1 Å². The van der Waals surface area contributed by atoms with Crippen molar-refractivity contribution in [2.24, 2.45) is 5.92 Å². The number of ketones is 1. The van der Waals surface area contributed by atoms with Crippen LogP contribution in [0.1, 0.15) is 19.8 Å². The maximum atomic E-state index is 12.6. The van der Waals surface area contributed by atoms with Crippen LogP contribution in [0, 0.1) is 5.92 Å². The summed E-state index contributed by atoms with van der Waals surface area (Å²) >= 11 is 3.27. The van der Waals surface area contributed by atoms with Gasteiger partial charge in [0, 0.05) is 29.9 Å². The van der Waals surface area contributed by atoms with Crippen molar-refractivity contribution >= 4 is 31.7 Å². The number of benzene rings is 1. The molecule has 6 heteroatoms. The Bertz CT molecular complexity index is 585. The van der Waals surface area contributed by atoms with Crippen molar-refractivity contribution in [1.82, 2.24) is 4.31 Å². The quantitative estimate of drug-likeness (QED) is 0.845. The van der Waals surface area contributed by atoms with Crippen LogP contribution in [0.25, 0.3) is 0 Å². The lowest BCUT2D eigenvalue weighted by Gasteiger charge is -2.30. The molecular weight excluding hydrogens is 330 g/mol. The minimum atomic E-state index is -3.52. The summed E-state index contributed by atoms with van der Waals surface area (Å²) in [5.41, 5.74) is 0. The lowest BCUT2D eigenvalue weighted by molar-refractivity contribution is -0.125. The van der Waals surface area contributed by atoms with Crippen molar-refractivity contribution in [3.05, 3.63) is 28.7 Å². The Kier molecular flexibility index (Phi) is 4.43. The average Bonchev–Trinajstić information content (AvgIpc) is 2.39. The van der Waals surface area contributed by atoms with Gasteiger partial charge in [-0.3, -0.25) is 4.79 Å². The lowest BCUT2D eigenvalue weighted by Crippen LogP contribution is -2.43. The van der Waals surface area contributed by atoms with Crippen LogP contribution in [0.5, 0.6) is 0 Å². The van der Waals surface area contributed by atoms with E-state index in [4.69, 9.17) is 0 Å². The minimum absolute atomic E-state index is 0.168. The molecule has 1 unspecified atom stereocenters. The van der Waals surface area contributed by atoms with Crippen LogP contribution in [0.15, 0.2) is 33.6 Å². The smallest absolute Gasteiger partial charge is 0.244 e. The zero-order chi connectivity index (χ0) is 14.0. The molecule has 1 atom stereocenters.